The molecule has 1 aromatic heterocycles. The second-order valence-electron chi connectivity index (χ2n) is 4.74. The molecule has 2 rings (SSSR count). The van der Waals surface area contributed by atoms with Crippen LogP contribution in [0.3, 0.4) is 0 Å². The first kappa shape index (κ1) is 13.5. The van der Waals surface area contributed by atoms with Crippen molar-refractivity contribution in [1.29, 1.82) is 0 Å². The van der Waals surface area contributed by atoms with E-state index >= 15 is 0 Å². The number of rotatable bonds is 5. The number of nitrogens with two attached hydrogens (primary N) is 1. The molecule has 0 saturated carbocycles. The highest BCUT2D eigenvalue weighted by Gasteiger charge is 2.13. The largest absolute Gasteiger partial charge is 0.441 e. The summed E-state index contributed by atoms with van der Waals surface area (Å²) in [6.07, 6.45) is 1.66. The number of benzene rings is 1. The standard InChI is InChI=1S/C14H19N3O2/c1-9(4-3-7-15)14(18)17-11-5-6-13-12(8-11)16-10(2)19-13/h5-6,8-9H,3-4,7,15H2,1-2H3,(H,17,18). The molecule has 0 fully saturated rings. The van der Waals surface area contributed by atoms with Gasteiger partial charge in [-0.3, -0.25) is 4.79 Å². The molecule has 0 aliphatic carbocycles. The molecule has 19 heavy (non-hydrogen) atoms. The summed E-state index contributed by atoms with van der Waals surface area (Å²) in [5, 5.41) is 2.89. The van der Waals surface area contributed by atoms with E-state index in [1.807, 2.05) is 25.1 Å². The van der Waals surface area contributed by atoms with E-state index in [1.165, 1.54) is 0 Å². The third-order valence-electron chi connectivity index (χ3n) is 3.05. The van der Waals surface area contributed by atoms with Gasteiger partial charge in [0.05, 0.1) is 0 Å². The van der Waals surface area contributed by atoms with Crippen LogP contribution in [0.1, 0.15) is 25.7 Å². The topological polar surface area (TPSA) is 81.2 Å². The van der Waals surface area contributed by atoms with Gasteiger partial charge in [0.25, 0.3) is 0 Å². The number of amides is 1. The maximum Gasteiger partial charge on any atom is 0.227 e. The summed E-state index contributed by atoms with van der Waals surface area (Å²) in [4.78, 5) is 16.2. The molecule has 1 unspecified atom stereocenters. The minimum absolute atomic E-state index is 0.00742. The molecule has 5 nitrogen and oxygen atoms in total. The molecule has 1 heterocycles. The maximum atomic E-state index is 12.0. The smallest absolute Gasteiger partial charge is 0.227 e. The number of hydrogen-bond donors (Lipinski definition) is 2. The van der Waals surface area contributed by atoms with E-state index in [4.69, 9.17) is 10.2 Å². The third kappa shape index (κ3) is 3.32. The summed E-state index contributed by atoms with van der Waals surface area (Å²) in [6, 6.07) is 5.45. The Hall–Kier alpha value is -1.88. The summed E-state index contributed by atoms with van der Waals surface area (Å²) < 4.78 is 5.39. The van der Waals surface area contributed by atoms with E-state index in [-0.39, 0.29) is 11.8 Å². The second kappa shape index (κ2) is 5.84. The molecule has 0 spiro atoms. The molecule has 5 heteroatoms. The highest BCUT2D eigenvalue weighted by Crippen LogP contribution is 2.20. The molecule has 0 aliphatic rings. The van der Waals surface area contributed by atoms with Crippen LogP contribution in [0.15, 0.2) is 22.6 Å². The van der Waals surface area contributed by atoms with Crippen LogP contribution >= 0.6 is 0 Å². The zero-order valence-corrected chi connectivity index (χ0v) is 11.3. The van der Waals surface area contributed by atoms with Crippen LogP contribution in [-0.2, 0) is 4.79 Å². The Balaban J connectivity index is 2.06. The van der Waals surface area contributed by atoms with Crippen molar-refractivity contribution in [3.63, 3.8) is 0 Å². The van der Waals surface area contributed by atoms with Gasteiger partial charge in [-0.05, 0) is 37.6 Å². The first-order chi connectivity index (χ1) is 9.10. The van der Waals surface area contributed by atoms with Crippen molar-refractivity contribution in [2.75, 3.05) is 11.9 Å². The number of aromatic nitrogens is 1. The zero-order chi connectivity index (χ0) is 13.8. The van der Waals surface area contributed by atoms with Crippen LogP contribution in [0.25, 0.3) is 11.1 Å². The Morgan fingerprint density at radius 2 is 2.32 bits per heavy atom. The van der Waals surface area contributed by atoms with Gasteiger partial charge in [-0.2, -0.15) is 0 Å². The van der Waals surface area contributed by atoms with Crippen molar-refractivity contribution in [2.45, 2.75) is 26.7 Å². The van der Waals surface area contributed by atoms with Crippen LogP contribution in [0, 0.1) is 12.8 Å². The summed E-state index contributed by atoms with van der Waals surface area (Å²) in [5.41, 5.74) is 7.67. The van der Waals surface area contributed by atoms with Crippen molar-refractivity contribution < 1.29 is 9.21 Å². The zero-order valence-electron chi connectivity index (χ0n) is 11.3. The normalized spacial score (nSPS) is 12.6. The van der Waals surface area contributed by atoms with Crippen LogP contribution < -0.4 is 11.1 Å². The Bertz CT molecular complexity index is 577. The molecule has 0 bridgehead atoms. The van der Waals surface area contributed by atoms with E-state index < -0.39 is 0 Å². The minimum atomic E-state index is -0.0432. The van der Waals surface area contributed by atoms with Gasteiger partial charge < -0.3 is 15.5 Å². The van der Waals surface area contributed by atoms with Gasteiger partial charge in [0.15, 0.2) is 11.5 Å². The quantitative estimate of drug-likeness (QED) is 0.866. The average molecular weight is 261 g/mol. The Labute approximate surface area is 112 Å². The molecule has 0 saturated heterocycles. The fourth-order valence-electron chi connectivity index (χ4n) is 1.94. The van der Waals surface area contributed by atoms with Gasteiger partial charge in [-0.1, -0.05) is 6.92 Å². The number of anilines is 1. The van der Waals surface area contributed by atoms with Gasteiger partial charge in [0.1, 0.15) is 5.52 Å². The minimum Gasteiger partial charge on any atom is -0.441 e. The summed E-state index contributed by atoms with van der Waals surface area (Å²) in [5.74, 6) is 0.584. The SMILES string of the molecule is Cc1nc2cc(NC(=O)C(C)CCCN)ccc2o1. The van der Waals surface area contributed by atoms with Gasteiger partial charge in [0.2, 0.25) is 5.91 Å². The lowest BCUT2D eigenvalue weighted by Crippen LogP contribution is -2.21. The van der Waals surface area contributed by atoms with Gasteiger partial charge >= 0.3 is 0 Å². The number of carbonyl (C=O) groups is 1. The predicted molar refractivity (Wildman–Crippen MR) is 74.8 cm³/mol. The molecule has 1 aromatic carbocycles. The lowest BCUT2D eigenvalue weighted by atomic mass is 10.0. The highest BCUT2D eigenvalue weighted by atomic mass is 16.3. The number of nitrogens with zero attached hydrogens (tertiary/aromatic N) is 1. The van der Waals surface area contributed by atoms with E-state index in [1.54, 1.807) is 6.92 Å². The average Bonchev–Trinajstić information content (AvgIpc) is 2.75. The van der Waals surface area contributed by atoms with Gasteiger partial charge in [0, 0.05) is 18.5 Å². The molecule has 1 amide bonds. The van der Waals surface area contributed by atoms with Crippen LogP contribution in [0.2, 0.25) is 0 Å². The van der Waals surface area contributed by atoms with Crippen molar-refractivity contribution in [1.82, 2.24) is 4.98 Å². The van der Waals surface area contributed by atoms with Gasteiger partial charge in [-0.25, -0.2) is 4.98 Å². The number of oxazole rings is 1. The van der Waals surface area contributed by atoms with Gasteiger partial charge in [-0.15, -0.1) is 0 Å². The summed E-state index contributed by atoms with van der Waals surface area (Å²) >= 11 is 0. The van der Waals surface area contributed by atoms with Crippen molar-refractivity contribution in [3.8, 4) is 0 Å². The molecule has 1 atom stereocenters. The van der Waals surface area contributed by atoms with E-state index in [0.29, 0.717) is 12.4 Å². The van der Waals surface area contributed by atoms with E-state index in [0.717, 1.165) is 29.6 Å². The first-order valence-corrected chi connectivity index (χ1v) is 6.48. The third-order valence-corrected chi connectivity index (χ3v) is 3.05. The lowest BCUT2D eigenvalue weighted by Gasteiger charge is -2.11. The lowest BCUT2D eigenvalue weighted by molar-refractivity contribution is -0.119. The monoisotopic (exact) mass is 261 g/mol. The molecule has 3 N–H and O–H groups in total. The summed E-state index contributed by atoms with van der Waals surface area (Å²) in [7, 11) is 0. The number of aryl methyl sites for hydroxylation is 1. The molecule has 102 valence electrons. The predicted octanol–water partition coefficient (Wildman–Crippen LogP) is 2.45. The Morgan fingerprint density at radius 3 is 3.05 bits per heavy atom. The fraction of sp³-hybridized carbons (Fsp3) is 0.429. The number of carbonyl (C=O) groups excluding carboxylic acids is 1. The highest BCUT2D eigenvalue weighted by molar-refractivity contribution is 5.94. The maximum absolute atomic E-state index is 12.0. The number of fused-ring (bicyclic) bond motifs is 1. The molecular weight excluding hydrogens is 242 g/mol. The second-order valence-corrected chi connectivity index (χ2v) is 4.74. The summed E-state index contributed by atoms with van der Waals surface area (Å²) in [6.45, 7) is 4.32. The molecule has 2 aromatic rings. The number of nitrogens with one attached hydrogen (secondary N) is 1. The van der Waals surface area contributed by atoms with Crippen LogP contribution in [0.5, 0.6) is 0 Å². The van der Waals surface area contributed by atoms with Crippen LogP contribution in [0.4, 0.5) is 5.69 Å². The fourth-order valence-corrected chi connectivity index (χ4v) is 1.94. The Kier molecular flexibility index (Phi) is 4.16. The molecule has 0 radical (unpaired) electrons. The van der Waals surface area contributed by atoms with Crippen molar-refractivity contribution in [2.24, 2.45) is 11.7 Å². The molecule has 0 aliphatic heterocycles. The first-order valence-electron chi connectivity index (χ1n) is 6.48. The van der Waals surface area contributed by atoms with E-state index in [9.17, 15) is 4.79 Å². The molecular formula is C14H19N3O2. The Morgan fingerprint density at radius 1 is 1.53 bits per heavy atom. The number of hydrogen-bond acceptors (Lipinski definition) is 4. The van der Waals surface area contributed by atoms with Crippen molar-refractivity contribution >= 4 is 22.7 Å². The van der Waals surface area contributed by atoms with Crippen molar-refractivity contribution in [3.05, 3.63) is 24.1 Å². The van der Waals surface area contributed by atoms with Crippen LogP contribution in [-0.4, -0.2) is 17.4 Å². The van der Waals surface area contributed by atoms with E-state index in [2.05, 4.69) is 10.3 Å².